The summed E-state index contributed by atoms with van der Waals surface area (Å²) >= 11 is 3.39. The molecule has 0 aliphatic rings. The van der Waals surface area contributed by atoms with Gasteiger partial charge in [0.15, 0.2) is 0 Å². The lowest BCUT2D eigenvalue weighted by molar-refractivity contribution is -0.116. The van der Waals surface area contributed by atoms with Crippen LogP contribution in [0.1, 0.15) is 23.2 Å². The number of halogens is 1. The van der Waals surface area contributed by atoms with Gasteiger partial charge in [0, 0.05) is 29.1 Å². The van der Waals surface area contributed by atoms with Gasteiger partial charge in [-0.25, -0.2) is 9.48 Å². The van der Waals surface area contributed by atoms with E-state index < -0.39 is 5.97 Å². The smallest absolute Gasteiger partial charge is 0.339 e. The van der Waals surface area contributed by atoms with E-state index in [9.17, 15) is 14.4 Å². The number of carbonyl (C=O) groups excluding carboxylic acids is 2. The Bertz CT molecular complexity index is 1110. The number of rotatable bonds is 7. The number of esters is 1. The van der Waals surface area contributed by atoms with Crippen LogP contribution in [0.3, 0.4) is 0 Å². The molecular weight excluding hydrogens is 450 g/mol. The molecule has 8 heteroatoms. The highest BCUT2D eigenvalue weighted by atomic mass is 79.9. The molecule has 0 fully saturated rings. The first kappa shape index (κ1) is 21.4. The summed E-state index contributed by atoms with van der Waals surface area (Å²) < 4.78 is 7.04. The fraction of sp³-hybridized carbons (Fsp3) is 0.182. The van der Waals surface area contributed by atoms with Crippen LogP contribution >= 0.6 is 15.9 Å². The molecule has 0 spiro atoms. The second-order valence-electron chi connectivity index (χ2n) is 6.48. The summed E-state index contributed by atoms with van der Waals surface area (Å²) in [6.45, 7) is 0.301. The van der Waals surface area contributed by atoms with E-state index >= 15 is 0 Å². The van der Waals surface area contributed by atoms with Crippen molar-refractivity contribution in [2.45, 2.75) is 19.4 Å². The largest absolute Gasteiger partial charge is 0.465 e. The third kappa shape index (κ3) is 5.42. The number of para-hydroxylation sites is 1. The van der Waals surface area contributed by atoms with Gasteiger partial charge < -0.3 is 10.1 Å². The van der Waals surface area contributed by atoms with Crippen molar-refractivity contribution in [1.29, 1.82) is 0 Å². The second kappa shape index (κ2) is 9.98. The van der Waals surface area contributed by atoms with Gasteiger partial charge in [-0.05, 0) is 36.8 Å². The second-order valence-corrected chi connectivity index (χ2v) is 7.39. The fourth-order valence-electron chi connectivity index (χ4n) is 2.87. The number of nitrogens with one attached hydrogen (secondary N) is 1. The quantitative estimate of drug-likeness (QED) is 0.530. The van der Waals surface area contributed by atoms with Gasteiger partial charge in [-0.15, -0.1) is 0 Å². The SMILES string of the molecule is COC(=O)c1ccccc1NC(=O)CCCn1nc(-c2ccc(Br)cc2)ccc1=O. The topological polar surface area (TPSA) is 90.3 Å². The van der Waals surface area contributed by atoms with Gasteiger partial charge in [0.1, 0.15) is 0 Å². The van der Waals surface area contributed by atoms with Crippen LogP contribution in [0.5, 0.6) is 0 Å². The number of anilines is 1. The van der Waals surface area contributed by atoms with Crippen LogP contribution in [0.15, 0.2) is 69.9 Å². The summed E-state index contributed by atoms with van der Waals surface area (Å²) in [6, 6.07) is 17.4. The van der Waals surface area contributed by atoms with E-state index in [2.05, 4.69) is 26.3 Å². The third-order valence-electron chi connectivity index (χ3n) is 4.39. The predicted octanol–water partition coefficient (Wildman–Crippen LogP) is 3.88. The Labute approximate surface area is 181 Å². The predicted molar refractivity (Wildman–Crippen MR) is 117 cm³/mol. The maximum absolute atomic E-state index is 12.3. The number of carbonyl (C=O) groups is 2. The number of methoxy groups -OCH3 is 1. The van der Waals surface area contributed by atoms with Crippen LogP contribution in [-0.2, 0) is 16.1 Å². The number of aryl methyl sites for hydroxylation is 1. The van der Waals surface area contributed by atoms with Crippen LogP contribution in [0.25, 0.3) is 11.3 Å². The average Bonchev–Trinajstić information content (AvgIpc) is 2.75. The first-order valence-electron chi connectivity index (χ1n) is 9.29. The molecule has 3 aromatic rings. The molecule has 0 saturated carbocycles. The van der Waals surface area contributed by atoms with Crippen molar-refractivity contribution in [2.75, 3.05) is 12.4 Å². The zero-order chi connectivity index (χ0) is 21.5. The Balaban J connectivity index is 1.62. The number of benzene rings is 2. The van der Waals surface area contributed by atoms with Gasteiger partial charge in [0.2, 0.25) is 5.91 Å². The minimum Gasteiger partial charge on any atom is -0.465 e. The molecule has 0 saturated heterocycles. The Morgan fingerprint density at radius 1 is 1.07 bits per heavy atom. The summed E-state index contributed by atoms with van der Waals surface area (Å²) in [5.74, 6) is -0.783. The molecule has 30 heavy (non-hydrogen) atoms. The summed E-state index contributed by atoms with van der Waals surface area (Å²) in [5, 5.41) is 7.11. The number of hydrogen-bond acceptors (Lipinski definition) is 5. The normalized spacial score (nSPS) is 10.5. The molecule has 0 aliphatic carbocycles. The molecule has 2 aromatic carbocycles. The molecule has 1 aromatic heterocycles. The monoisotopic (exact) mass is 469 g/mol. The highest BCUT2D eigenvalue weighted by Crippen LogP contribution is 2.19. The third-order valence-corrected chi connectivity index (χ3v) is 4.92. The van der Waals surface area contributed by atoms with Gasteiger partial charge >= 0.3 is 5.97 Å². The van der Waals surface area contributed by atoms with E-state index in [4.69, 9.17) is 4.74 Å². The molecule has 1 amide bonds. The van der Waals surface area contributed by atoms with Gasteiger partial charge in [0.25, 0.3) is 5.56 Å². The number of nitrogens with zero attached hydrogens (tertiary/aromatic N) is 2. The fourth-order valence-corrected chi connectivity index (χ4v) is 3.13. The van der Waals surface area contributed by atoms with Gasteiger partial charge in [0.05, 0.1) is 24.1 Å². The number of hydrogen-bond donors (Lipinski definition) is 1. The molecule has 0 atom stereocenters. The lowest BCUT2D eigenvalue weighted by Gasteiger charge is -2.10. The van der Waals surface area contributed by atoms with Crippen LogP contribution in [0.2, 0.25) is 0 Å². The minimum absolute atomic E-state index is 0.173. The van der Waals surface area contributed by atoms with Crippen LogP contribution < -0.4 is 10.9 Å². The first-order valence-corrected chi connectivity index (χ1v) is 10.1. The molecule has 1 N–H and O–H groups in total. The minimum atomic E-state index is -0.522. The lowest BCUT2D eigenvalue weighted by Crippen LogP contribution is -2.23. The molecule has 3 rings (SSSR count). The van der Waals surface area contributed by atoms with Crippen molar-refractivity contribution in [3.8, 4) is 11.3 Å². The van der Waals surface area contributed by atoms with E-state index in [1.165, 1.54) is 17.9 Å². The van der Waals surface area contributed by atoms with Crippen LogP contribution in [-0.4, -0.2) is 28.8 Å². The van der Waals surface area contributed by atoms with E-state index in [-0.39, 0.29) is 23.5 Å². The number of aromatic nitrogens is 2. The Morgan fingerprint density at radius 3 is 2.53 bits per heavy atom. The van der Waals surface area contributed by atoms with Crippen molar-refractivity contribution in [2.24, 2.45) is 0 Å². The molecule has 1 heterocycles. The van der Waals surface area contributed by atoms with Crippen molar-refractivity contribution < 1.29 is 14.3 Å². The first-order chi connectivity index (χ1) is 14.5. The maximum atomic E-state index is 12.3. The van der Waals surface area contributed by atoms with E-state index in [0.717, 1.165) is 10.0 Å². The van der Waals surface area contributed by atoms with Crippen molar-refractivity contribution in [1.82, 2.24) is 9.78 Å². The van der Waals surface area contributed by atoms with E-state index in [0.29, 0.717) is 24.3 Å². The van der Waals surface area contributed by atoms with E-state index in [1.54, 1.807) is 30.3 Å². The molecular formula is C22H20BrN3O4. The summed E-state index contributed by atoms with van der Waals surface area (Å²) in [6.07, 6.45) is 0.592. The van der Waals surface area contributed by atoms with Gasteiger partial charge in [-0.3, -0.25) is 9.59 Å². The average molecular weight is 470 g/mol. The van der Waals surface area contributed by atoms with Crippen LogP contribution in [0.4, 0.5) is 5.69 Å². The summed E-state index contributed by atoms with van der Waals surface area (Å²) in [4.78, 5) is 36.2. The molecule has 0 aliphatic heterocycles. The number of amides is 1. The molecule has 0 radical (unpaired) electrons. The zero-order valence-corrected chi connectivity index (χ0v) is 17.9. The van der Waals surface area contributed by atoms with Crippen molar-refractivity contribution >= 4 is 33.5 Å². The Hall–Kier alpha value is -3.26. The highest BCUT2D eigenvalue weighted by Gasteiger charge is 2.13. The molecule has 154 valence electrons. The van der Waals surface area contributed by atoms with Gasteiger partial charge in [-0.1, -0.05) is 40.2 Å². The zero-order valence-electron chi connectivity index (χ0n) is 16.3. The number of ether oxygens (including phenoxy) is 1. The highest BCUT2D eigenvalue weighted by molar-refractivity contribution is 9.10. The maximum Gasteiger partial charge on any atom is 0.339 e. The van der Waals surface area contributed by atoms with Crippen molar-refractivity contribution in [3.63, 3.8) is 0 Å². The molecule has 0 unspecified atom stereocenters. The Kier molecular flexibility index (Phi) is 7.13. The molecule has 0 bridgehead atoms. The summed E-state index contributed by atoms with van der Waals surface area (Å²) in [5.41, 5.74) is 2.02. The van der Waals surface area contributed by atoms with Crippen LogP contribution in [0, 0.1) is 0 Å². The van der Waals surface area contributed by atoms with Gasteiger partial charge in [-0.2, -0.15) is 5.10 Å². The van der Waals surface area contributed by atoms with Crippen molar-refractivity contribution in [3.05, 3.63) is 81.1 Å². The standard InChI is InChI=1S/C22H20BrN3O4/c1-30-22(29)17-5-2-3-6-19(17)24-20(27)7-4-14-26-21(28)13-12-18(25-26)15-8-10-16(23)11-9-15/h2-3,5-6,8-13H,4,7,14H2,1H3,(H,24,27). The molecule has 7 nitrogen and oxygen atoms in total. The Morgan fingerprint density at radius 2 is 1.80 bits per heavy atom. The summed E-state index contributed by atoms with van der Waals surface area (Å²) in [7, 11) is 1.29. The van der Waals surface area contributed by atoms with E-state index in [1.807, 2.05) is 24.3 Å². The lowest BCUT2D eigenvalue weighted by atomic mass is 10.1.